The van der Waals surface area contributed by atoms with Crippen LogP contribution in [0.4, 0.5) is 5.69 Å². The van der Waals surface area contributed by atoms with Gasteiger partial charge in [-0.1, -0.05) is 0 Å². The number of rotatable bonds is 5. The van der Waals surface area contributed by atoms with Crippen molar-refractivity contribution in [2.45, 2.75) is 31.0 Å². The molecule has 0 unspecified atom stereocenters. The van der Waals surface area contributed by atoms with Crippen molar-refractivity contribution in [3.05, 3.63) is 39.7 Å². The molecule has 12 heteroatoms. The van der Waals surface area contributed by atoms with Crippen molar-refractivity contribution in [1.82, 2.24) is 9.80 Å². The second kappa shape index (κ2) is 9.88. The smallest absolute Gasteiger partial charge is 0.255 e. The van der Waals surface area contributed by atoms with Crippen molar-refractivity contribution in [3.8, 4) is 5.75 Å². The van der Waals surface area contributed by atoms with E-state index in [-0.39, 0.29) is 29.7 Å². The van der Waals surface area contributed by atoms with Crippen LogP contribution < -0.4 is 10.6 Å². The van der Waals surface area contributed by atoms with Gasteiger partial charge in [-0.15, -0.1) is 0 Å². The Balaban J connectivity index is 1.69. The Hall–Kier alpha value is -3.45. The molecule has 2 fully saturated rings. The quantitative estimate of drug-likeness (QED) is 0.305. The molecule has 5 rings (SSSR count). The van der Waals surface area contributed by atoms with Gasteiger partial charge in [-0.2, -0.15) is 0 Å². The van der Waals surface area contributed by atoms with Gasteiger partial charge in [-0.25, -0.2) is 0 Å². The summed E-state index contributed by atoms with van der Waals surface area (Å²) < 4.78 is 5.42. The molecular weight excluding hydrogens is 520 g/mol. The number of hydrogen-bond acceptors (Lipinski definition) is 11. The van der Waals surface area contributed by atoms with Gasteiger partial charge in [0.25, 0.3) is 5.91 Å². The number of Topliss-reactive ketones (excluding diaryl/α,β-unsaturated/α-hetero) is 2. The predicted octanol–water partition coefficient (Wildman–Crippen LogP) is -0.138. The number of ketones is 2. The fraction of sp³-hybridized carbons (Fsp3) is 0.536. The van der Waals surface area contributed by atoms with Crippen LogP contribution in [0.3, 0.4) is 0 Å². The first-order valence-electron chi connectivity index (χ1n) is 13.3. The van der Waals surface area contributed by atoms with Crippen molar-refractivity contribution in [3.63, 3.8) is 0 Å². The third-order valence-electron chi connectivity index (χ3n) is 8.76. The Morgan fingerprint density at radius 1 is 1.15 bits per heavy atom. The molecular formula is C28H36N4O8. The summed E-state index contributed by atoms with van der Waals surface area (Å²) in [6.07, 6.45) is 0.294. The number of carbonyl (C=O) groups is 3. The maximum Gasteiger partial charge on any atom is 0.255 e. The number of aliphatic hydroxyl groups is 3. The highest BCUT2D eigenvalue weighted by Crippen LogP contribution is 2.54. The van der Waals surface area contributed by atoms with Crippen LogP contribution in [0, 0.1) is 11.8 Å². The first-order valence-corrected chi connectivity index (χ1v) is 13.3. The Morgan fingerprint density at radius 2 is 1.80 bits per heavy atom. The van der Waals surface area contributed by atoms with Crippen LogP contribution in [0.25, 0.3) is 5.76 Å². The molecule has 0 bridgehead atoms. The van der Waals surface area contributed by atoms with Crippen LogP contribution in [0.1, 0.15) is 23.1 Å². The number of amides is 1. The van der Waals surface area contributed by atoms with E-state index in [0.717, 1.165) is 5.69 Å². The maximum atomic E-state index is 14.1. The monoisotopic (exact) mass is 556 g/mol. The number of phenols is 1. The fourth-order valence-corrected chi connectivity index (χ4v) is 6.87. The number of primary amides is 1. The molecule has 216 valence electrons. The number of aliphatic hydroxyl groups excluding tert-OH is 2. The molecule has 1 aliphatic heterocycles. The van der Waals surface area contributed by atoms with E-state index >= 15 is 0 Å². The second-order valence-electron chi connectivity index (χ2n) is 11.5. The van der Waals surface area contributed by atoms with Crippen molar-refractivity contribution in [1.29, 1.82) is 0 Å². The Morgan fingerprint density at radius 3 is 2.38 bits per heavy atom. The number of carbonyl (C=O) groups excluding carboxylic acids is 3. The molecule has 1 amide bonds. The van der Waals surface area contributed by atoms with Gasteiger partial charge in [0, 0.05) is 56.5 Å². The molecule has 1 saturated heterocycles. The zero-order valence-corrected chi connectivity index (χ0v) is 23.1. The van der Waals surface area contributed by atoms with Gasteiger partial charge in [0.2, 0.25) is 5.78 Å². The summed E-state index contributed by atoms with van der Waals surface area (Å²) in [6.45, 7) is 2.88. The highest BCUT2D eigenvalue weighted by atomic mass is 16.5. The number of morpholine rings is 1. The molecule has 0 aromatic heterocycles. The molecule has 1 aromatic carbocycles. The van der Waals surface area contributed by atoms with Crippen LogP contribution in [0.15, 0.2) is 23.0 Å². The van der Waals surface area contributed by atoms with E-state index in [0.29, 0.717) is 44.0 Å². The van der Waals surface area contributed by atoms with Gasteiger partial charge < -0.3 is 35.8 Å². The minimum absolute atomic E-state index is 0.0505. The van der Waals surface area contributed by atoms with Crippen molar-refractivity contribution in [2.24, 2.45) is 17.6 Å². The van der Waals surface area contributed by atoms with E-state index in [4.69, 9.17) is 10.5 Å². The summed E-state index contributed by atoms with van der Waals surface area (Å²) in [6, 6.07) is 0.763. The molecule has 4 aliphatic rings. The largest absolute Gasteiger partial charge is 0.508 e. The Labute approximate surface area is 231 Å². The van der Waals surface area contributed by atoms with Crippen LogP contribution in [-0.4, -0.2) is 114 Å². The van der Waals surface area contributed by atoms with Gasteiger partial charge in [0.15, 0.2) is 11.4 Å². The summed E-state index contributed by atoms with van der Waals surface area (Å²) in [5, 5.41) is 45.8. The molecule has 12 nitrogen and oxygen atoms in total. The molecule has 1 saturated carbocycles. The molecule has 0 spiro atoms. The van der Waals surface area contributed by atoms with Crippen molar-refractivity contribution >= 4 is 28.9 Å². The normalized spacial score (nSPS) is 28.9. The van der Waals surface area contributed by atoms with E-state index in [9.17, 15) is 34.8 Å². The van der Waals surface area contributed by atoms with Crippen molar-refractivity contribution < 1.29 is 39.5 Å². The average molecular weight is 557 g/mol. The zero-order valence-electron chi connectivity index (χ0n) is 23.1. The third-order valence-corrected chi connectivity index (χ3v) is 8.76. The third kappa shape index (κ3) is 4.00. The first-order chi connectivity index (χ1) is 18.8. The standard InChI is InChI=1S/C28H36N4O8/c1-30(2)17-11-14(12-32-5-7-40-8-6-32)22(33)19-15(17)9-13-10-16-21(31(3)4)24(35)20(27(29)38)26(37)28(16,39)25(36)18(13)23(19)34/h11,13,16,21,33-34,37,39H,5-10,12H2,1-4H3,(H2,29,38)/t13-,16-,21-,28-/m0/s1. The first kappa shape index (κ1) is 28.1. The molecule has 1 aromatic rings. The second-order valence-corrected chi connectivity index (χ2v) is 11.5. The lowest BCUT2D eigenvalue weighted by molar-refractivity contribution is -0.153. The number of nitrogens with zero attached hydrogens (tertiary/aromatic N) is 3. The van der Waals surface area contributed by atoms with Crippen molar-refractivity contribution in [2.75, 3.05) is 59.4 Å². The summed E-state index contributed by atoms with van der Waals surface area (Å²) in [4.78, 5) is 44.9. The highest BCUT2D eigenvalue weighted by Gasteiger charge is 2.64. The molecule has 0 radical (unpaired) electrons. The fourth-order valence-electron chi connectivity index (χ4n) is 6.87. The summed E-state index contributed by atoms with van der Waals surface area (Å²) in [5.41, 5.74) is 3.81. The summed E-state index contributed by atoms with van der Waals surface area (Å²) >= 11 is 0. The summed E-state index contributed by atoms with van der Waals surface area (Å²) in [5.74, 6) is -6.52. The van der Waals surface area contributed by atoms with Crippen LogP contribution in [0.2, 0.25) is 0 Å². The number of phenolic OH excluding ortho intramolecular Hbond substituents is 1. The van der Waals surface area contributed by atoms with Gasteiger partial charge in [0.05, 0.1) is 24.8 Å². The number of benzene rings is 1. The van der Waals surface area contributed by atoms with Gasteiger partial charge in [-0.05, 0) is 44.5 Å². The lowest BCUT2D eigenvalue weighted by atomic mass is 9.57. The molecule has 40 heavy (non-hydrogen) atoms. The number of anilines is 1. The topological polar surface area (TPSA) is 177 Å². The lowest BCUT2D eigenvalue weighted by Gasteiger charge is -2.50. The molecule has 4 atom stereocenters. The minimum atomic E-state index is -2.66. The Bertz CT molecular complexity index is 1360. The van der Waals surface area contributed by atoms with Crippen LogP contribution >= 0.6 is 0 Å². The SMILES string of the molecule is CN(C)c1cc(CN2CCOCC2)c(O)c2c1C[C@H]1C[C@H]3[C@H](N(C)C)C(=O)C(C(N)=O)=C(O)[C@@]3(O)C(=O)C1=C2O. The average Bonchev–Trinajstić information content (AvgIpc) is 2.87. The van der Waals surface area contributed by atoms with E-state index < -0.39 is 58.0 Å². The number of nitrogens with two attached hydrogens (primary N) is 1. The highest BCUT2D eigenvalue weighted by molar-refractivity contribution is 6.24. The summed E-state index contributed by atoms with van der Waals surface area (Å²) in [7, 11) is 6.85. The van der Waals surface area contributed by atoms with Gasteiger partial charge in [-0.3, -0.25) is 24.2 Å². The van der Waals surface area contributed by atoms with Gasteiger partial charge in [0.1, 0.15) is 22.8 Å². The number of hydrogen-bond donors (Lipinski definition) is 5. The number of fused-ring (bicyclic) bond motifs is 3. The van der Waals surface area contributed by atoms with E-state index in [2.05, 4.69) is 4.90 Å². The number of likely N-dealkylation sites (N-methyl/N-ethyl adjacent to an activating group) is 1. The maximum absolute atomic E-state index is 14.1. The molecule has 6 N–H and O–H groups in total. The molecule has 1 heterocycles. The van der Waals surface area contributed by atoms with Gasteiger partial charge >= 0.3 is 0 Å². The van der Waals surface area contributed by atoms with E-state index in [1.54, 1.807) is 14.1 Å². The number of ether oxygens (including phenoxy) is 1. The minimum Gasteiger partial charge on any atom is -0.508 e. The van der Waals surface area contributed by atoms with Crippen LogP contribution in [-0.2, 0) is 32.1 Å². The van der Waals surface area contributed by atoms with E-state index in [1.165, 1.54) is 4.90 Å². The van der Waals surface area contributed by atoms with E-state index in [1.807, 2.05) is 25.1 Å². The molecule has 3 aliphatic carbocycles. The predicted molar refractivity (Wildman–Crippen MR) is 145 cm³/mol. The van der Waals surface area contributed by atoms with Crippen LogP contribution in [0.5, 0.6) is 5.75 Å². The number of aromatic hydroxyl groups is 1. The zero-order chi connectivity index (χ0) is 29.3. The lowest BCUT2D eigenvalue weighted by Crippen LogP contribution is -2.65. The Kier molecular flexibility index (Phi) is 6.94.